The summed E-state index contributed by atoms with van der Waals surface area (Å²) in [6, 6.07) is 7.23. The summed E-state index contributed by atoms with van der Waals surface area (Å²) in [5.74, 6) is -4.25. The number of halogens is 4. The minimum Gasteiger partial charge on any atom is -0.309 e. The summed E-state index contributed by atoms with van der Waals surface area (Å²) in [6.07, 6.45) is 0. The molecule has 1 heterocycles. The molecule has 3 N–H and O–H groups in total. The minimum absolute atomic E-state index is 0.00861. The second kappa shape index (κ2) is 8.58. The van der Waals surface area contributed by atoms with Crippen LogP contribution in [0.3, 0.4) is 0 Å². The highest BCUT2D eigenvalue weighted by Gasteiger charge is 2.17. The van der Waals surface area contributed by atoms with E-state index >= 15 is 0 Å². The quantitative estimate of drug-likeness (QED) is 0.320. The van der Waals surface area contributed by atoms with Crippen molar-refractivity contribution in [1.82, 2.24) is 15.5 Å². The SMILES string of the molecule is CC(C)(C)N=C(NC(=O)c1ccc(F)c(F)c1)Nc1cc(-c2cc(F)cc(F)c2)[nH]n1. The van der Waals surface area contributed by atoms with Gasteiger partial charge in [-0.05, 0) is 51.1 Å². The van der Waals surface area contributed by atoms with Crippen LogP contribution in [0.25, 0.3) is 11.3 Å². The second-order valence-electron chi connectivity index (χ2n) is 7.66. The Kier molecular flexibility index (Phi) is 6.09. The number of nitrogens with one attached hydrogen (secondary N) is 3. The molecule has 0 aliphatic heterocycles. The van der Waals surface area contributed by atoms with Gasteiger partial charge in [0.15, 0.2) is 17.5 Å². The molecule has 3 rings (SSSR count). The number of H-pyrrole nitrogens is 1. The molecule has 0 fully saturated rings. The number of anilines is 1. The van der Waals surface area contributed by atoms with Gasteiger partial charge in [-0.25, -0.2) is 22.6 Å². The molecule has 1 aromatic heterocycles. The first-order valence-electron chi connectivity index (χ1n) is 9.15. The van der Waals surface area contributed by atoms with Gasteiger partial charge in [0, 0.05) is 23.3 Å². The molecular weight excluding hydrogens is 414 g/mol. The van der Waals surface area contributed by atoms with Crippen molar-refractivity contribution in [3.05, 3.63) is 71.3 Å². The third-order valence-corrected chi connectivity index (χ3v) is 3.86. The third kappa shape index (κ3) is 5.91. The van der Waals surface area contributed by atoms with Crippen molar-refractivity contribution in [2.45, 2.75) is 26.3 Å². The lowest BCUT2D eigenvalue weighted by molar-refractivity contribution is 0.0976. The van der Waals surface area contributed by atoms with Crippen LogP contribution in [-0.2, 0) is 0 Å². The topological polar surface area (TPSA) is 82.2 Å². The molecule has 0 saturated heterocycles. The van der Waals surface area contributed by atoms with Crippen LogP contribution in [0, 0.1) is 23.3 Å². The van der Waals surface area contributed by atoms with E-state index in [1.807, 2.05) is 0 Å². The van der Waals surface area contributed by atoms with E-state index < -0.39 is 34.7 Å². The van der Waals surface area contributed by atoms with Crippen molar-refractivity contribution < 1.29 is 22.4 Å². The highest BCUT2D eigenvalue weighted by atomic mass is 19.2. The van der Waals surface area contributed by atoms with Gasteiger partial charge in [-0.3, -0.25) is 15.2 Å². The molecular formula is C21H19F4N5O. The van der Waals surface area contributed by atoms with E-state index in [2.05, 4.69) is 25.8 Å². The number of amides is 1. The number of guanidine groups is 1. The first kappa shape index (κ1) is 22.0. The molecule has 0 atom stereocenters. The second-order valence-corrected chi connectivity index (χ2v) is 7.66. The van der Waals surface area contributed by atoms with Crippen LogP contribution >= 0.6 is 0 Å². The van der Waals surface area contributed by atoms with Crippen molar-refractivity contribution in [2.24, 2.45) is 4.99 Å². The van der Waals surface area contributed by atoms with Gasteiger partial charge < -0.3 is 5.32 Å². The van der Waals surface area contributed by atoms with Crippen LogP contribution in [0.5, 0.6) is 0 Å². The van der Waals surface area contributed by atoms with Gasteiger partial charge in [0.25, 0.3) is 5.91 Å². The predicted molar refractivity (Wildman–Crippen MR) is 109 cm³/mol. The highest BCUT2D eigenvalue weighted by molar-refractivity contribution is 6.09. The fraction of sp³-hybridized carbons (Fsp3) is 0.190. The van der Waals surface area contributed by atoms with Crippen LogP contribution < -0.4 is 10.6 Å². The monoisotopic (exact) mass is 433 g/mol. The fourth-order valence-corrected chi connectivity index (χ4v) is 2.60. The number of benzene rings is 2. The van der Waals surface area contributed by atoms with Gasteiger partial charge in [-0.2, -0.15) is 5.10 Å². The van der Waals surface area contributed by atoms with Crippen LogP contribution in [0.15, 0.2) is 47.5 Å². The number of hydrogen-bond acceptors (Lipinski definition) is 3. The largest absolute Gasteiger partial charge is 0.309 e. The average Bonchev–Trinajstić information content (AvgIpc) is 3.10. The molecule has 31 heavy (non-hydrogen) atoms. The molecule has 162 valence electrons. The Morgan fingerprint density at radius 2 is 1.65 bits per heavy atom. The van der Waals surface area contributed by atoms with Gasteiger partial charge >= 0.3 is 0 Å². The first-order chi connectivity index (χ1) is 14.5. The zero-order chi connectivity index (χ0) is 22.8. The Balaban J connectivity index is 1.84. The summed E-state index contributed by atoms with van der Waals surface area (Å²) in [6.45, 7) is 5.34. The van der Waals surface area contributed by atoms with Crippen molar-refractivity contribution in [3.63, 3.8) is 0 Å². The summed E-state index contributed by atoms with van der Waals surface area (Å²) < 4.78 is 53.5. The molecule has 10 heteroatoms. The Bertz CT molecular complexity index is 1130. The Hall–Kier alpha value is -3.69. The number of aliphatic imine (C=N–C) groups is 1. The number of carbonyl (C=O) groups is 1. The van der Waals surface area contributed by atoms with Gasteiger partial charge in [0.2, 0.25) is 5.96 Å². The van der Waals surface area contributed by atoms with Crippen LogP contribution in [-0.4, -0.2) is 27.6 Å². The lowest BCUT2D eigenvalue weighted by Gasteiger charge is -2.17. The van der Waals surface area contributed by atoms with E-state index in [4.69, 9.17) is 0 Å². The standard InChI is InChI=1S/C21H19F4N5O/c1-21(2,3)28-20(27-19(31)11-4-5-15(24)16(25)8-11)26-18-10-17(29-30-18)12-6-13(22)9-14(23)7-12/h4-10H,1-3H3,(H3,26,27,28,29,30,31). The van der Waals surface area contributed by atoms with Gasteiger partial charge in [-0.15, -0.1) is 0 Å². The van der Waals surface area contributed by atoms with Gasteiger partial charge in [-0.1, -0.05) is 0 Å². The van der Waals surface area contributed by atoms with Crippen LogP contribution in [0.2, 0.25) is 0 Å². The maximum atomic E-state index is 13.5. The predicted octanol–water partition coefficient (Wildman–Crippen LogP) is 4.63. The molecule has 6 nitrogen and oxygen atoms in total. The van der Waals surface area contributed by atoms with Crippen molar-refractivity contribution in [3.8, 4) is 11.3 Å². The number of aromatic nitrogens is 2. The summed E-state index contributed by atoms with van der Waals surface area (Å²) in [5.41, 5.74) is -0.171. The lowest BCUT2D eigenvalue weighted by Crippen LogP contribution is -2.38. The Morgan fingerprint density at radius 1 is 0.968 bits per heavy atom. The number of carbonyl (C=O) groups excluding carboxylic acids is 1. The molecule has 0 aliphatic carbocycles. The van der Waals surface area contributed by atoms with E-state index in [1.54, 1.807) is 20.8 Å². The van der Waals surface area contributed by atoms with Crippen molar-refractivity contribution in [1.29, 1.82) is 0 Å². The lowest BCUT2D eigenvalue weighted by atomic mass is 10.1. The maximum absolute atomic E-state index is 13.5. The summed E-state index contributed by atoms with van der Waals surface area (Å²) in [5, 5.41) is 11.9. The molecule has 0 bridgehead atoms. The Morgan fingerprint density at radius 3 is 2.26 bits per heavy atom. The van der Waals surface area contributed by atoms with Crippen molar-refractivity contribution in [2.75, 3.05) is 5.32 Å². The zero-order valence-corrected chi connectivity index (χ0v) is 16.9. The number of rotatable bonds is 3. The number of aromatic amines is 1. The summed E-state index contributed by atoms with van der Waals surface area (Å²) in [4.78, 5) is 16.8. The molecule has 1 amide bonds. The summed E-state index contributed by atoms with van der Waals surface area (Å²) in [7, 11) is 0. The normalized spacial score (nSPS) is 12.0. The van der Waals surface area contributed by atoms with Gasteiger partial charge in [0.1, 0.15) is 11.6 Å². The zero-order valence-electron chi connectivity index (χ0n) is 16.9. The van der Waals surface area contributed by atoms with Crippen molar-refractivity contribution >= 4 is 17.7 Å². The highest BCUT2D eigenvalue weighted by Crippen LogP contribution is 2.22. The van der Waals surface area contributed by atoms with E-state index in [-0.39, 0.29) is 22.9 Å². The molecule has 0 radical (unpaired) electrons. The molecule has 3 aromatic rings. The molecule has 0 unspecified atom stereocenters. The van der Waals surface area contributed by atoms with E-state index in [0.29, 0.717) is 5.69 Å². The molecule has 2 aromatic carbocycles. The summed E-state index contributed by atoms with van der Waals surface area (Å²) >= 11 is 0. The molecule has 0 aliphatic rings. The molecule has 0 saturated carbocycles. The van der Waals surface area contributed by atoms with Crippen LogP contribution in [0.4, 0.5) is 23.4 Å². The fourth-order valence-electron chi connectivity index (χ4n) is 2.60. The van der Waals surface area contributed by atoms with Crippen LogP contribution in [0.1, 0.15) is 31.1 Å². The van der Waals surface area contributed by atoms with E-state index in [9.17, 15) is 22.4 Å². The van der Waals surface area contributed by atoms with E-state index in [1.165, 1.54) is 6.07 Å². The van der Waals surface area contributed by atoms with Gasteiger partial charge in [0.05, 0.1) is 11.2 Å². The minimum atomic E-state index is -1.16. The number of nitrogens with zero attached hydrogens (tertiary/aromatic N) is 2. The Labute approximate surface area is 175 Å². The molecule has 0 spiro atoms. The maximum Gasteiger partial charge on any atom is 0.258 e. The number of hydrogen-bond donors (Lipinski definition) is 3. The third-order valence-electron chi connectivity index (χ3n) is 3.86. The first-order valence-corrected chi connectivity index (χ1v) is 9.15. The average molecular weight is 433 g/mol. The van der Waals surface area contributed by atoms with E-state index in [0.717, 1.165) is 36.4 Å². The smallest absolute Gasteiger partial charge is 0.258 e.